The highest BCUT2D eigenvalue weighted by molar-refractivity contribution is 6.08. The molecule has 0 radical (unpaired) electrons. The van der Waals surface area contributed by atoms with Gasteiger partial charge in [-0.1, -0.05) is 12.1 Å². The lowest BCUT2D eigenvalue weighted by atomic mass is 9.91. The quantitative estimate of drug-likeness (QED) is 0.718. The van der Waals surface area contributed by atoms with Gasteiger partial charge >= 0.3 is 5.69 Å². The van der Waals surface area contributed by atoms with Crippen LogP contribution in [0.4, 0.5) is 5.69 Å². The van der Waals surface area contributed by atoms with Crippen LogP contribution in [-0.2, 0) is 16.6 Å². The number of aromatic amines is 1. The van der Waals surface area contributed by atoms with Crippen molar-refractivity contribution in [2.75, 3.05) is 5.32 Å². The summed E-state index contributed by atoms with van der Waals surface area (Å²) < 4.78 is 1.19. The molecule has 1 aliphatic heterocycles. The summed E-state index contributed by atoms with van der Waals surface area (Å²) in [5.74, 6) is 0.125. The normalized spacial score (nSPS) is 16.0. The molecule has 2 N–H and O–H groups in total. The minimum absolute atomic E-state index is 0.125. The Hall–Kier alpha value is -3.48. The Bertz CT molecular complexity index is 1270. The van der Waals surface area contributed by atoms with Crippen molar-refractivity contribution in [1.82, 2.24) is 14.8 Å². The molecule has 146 valence electrons. The van der Waals surface area contributed by atoms with Crippen molar-refractivity contribution in [3.8, 4) is 5.69 Å². The number of nitrogens with one attached hydrogen (secondary N) is 2. The first kappa shape index (κ1) is 17.6. The number of hydrogen-bond donors (Lipinski definition) is 2. The van der Waals surface area contributed by atoms with E-state index < -0.39 is 11.2 Å². The van der Waals surface area contributed by atoms with E-state index in [4.69, 9.17) is 0 Å². The van der Waals surface area contributed by atoms with Gasteiger partial charge in [0.15, 0.2) is 0 Å². The van der Waals surface area contributed by atoms with Gasteiger partial charge < -0.3 is 5.32 Å². The van der Waals surface area contributed by atoms with Crippen LogP contribution in [0, 0.1) is 13.8 Å². The third-order valence-electron chi connectivity index (χ3n) is 6.05. The topological polar surface area (TPSA) is 96.8 Å². The van der Waals surface area contributed by atoms with Crippen LogP contribution in [0.5, 0.6) is 0 Å². The van der Waals surface area contributed by atoms with Crippen LogP contribution in [0.2, 0.25) is 0 Å². The second kappa shape index (κ2) is 6.01. The van der Waals surface area contributed by atoms with Crippen LogP contribution >= 0.6 is 0 Å². The maximum absolute atomic E-state index is 12.2. The number of rotatable bonds is 3. The molecule has 7 nitrogen and oxygen atoms in total. The maximum Gasteiger partial charge on any atom is 0.349 e. The van der Waals surface area contributed by atoms with Gasteiger partial charge in [-0.05, 0) is 79.1 Å². The van der Waals surface area contributed by atoms with Gasteiger partial charge in [0.25, 0.3) is 5.56 Å². The molecular weight excluding hydrogens is 368 g/mol. The van der Waals surface area contributed by atoms with Crippen LogP contribution < -0.4 is 16.6 Å². The molecule has 29 heavy (non-hydrogen) atoms. The van der Waals surface area contributed by atoms with E-state index >= 15 is 0 Å². The Morgan fingerprint density at radius 1 is 1.07 bits per heavy atom. The van der Waals surface area contributed by atoms with Crippen molar-refractivity contribution in [3.05, 3.63) is 85.2 Å². The van der Waals surface area contributed by atoms with Gasteiger partial charge in [0, 0.05) is 5.69 Å². The predicted octanol–water partition coefficient (Wildman–Crippen LogP) is 2.11. The fraction of sp³-hybridized carbons (Fsp3) is 0.273. The number of aromatic nitrogens is 3. The molecule has 5 rings (SSSR count). The molecular formula is C22H20N4O3. The Labute approximate surface area is 166 Å². The summed E-state index contributed by atoms with van der Waals surface area (Å²) >= 11 is 0. The van der Waals surface area contributed by atoms with Gasteiger partial charge in [-0.25, -0.2) is 4.79 Å². The Balaban J connectivity index is 1.50. The zero-order chi connectivity index (χ0) is 20.3. The smallest absolute Gasteiger partial charge is 0.325 e. The van der Waals surface area contributed by atoms with Gasteiger partial charge in [-0.2, -0.15) is 9.78 Å². The molecule has 2 aliphatic rings. The highest BCUT2D eigenvalue weighted by Gasteiger charge is 2.56. The van der Waals surface area contributed by atoms with Crippen LogP contribution in [-0.4, -0.2) is 20.7 Å². The number of anilines is 1. The van der Waals surface area contributed by atoms with E-state index in [0.717, 1.165) is 53.4 Å². The van der Waals surface area contributed by atoms with E-state index in [1.165, 1.54) is 10.2 Å². The van der Waals surface area contributed by atoms with Crippen molar-refractivity contribution >= 4 is 11.6 Å². The minimum Gasteiger partial charge on any atom is -0.325 e. The molecule has 7 heteroatoms. The lowest BCUT2D eigenvalue weighted by molar-refractivity contribution is -0.117. The molecule has 1 saturated carbocycles. The van der Waals surface area contributed by atoms with Crippen molar-refractivity contribution in [2.24, 2.45) is 0 Å². The van der Waals surface area contributed by atoms with E-state index in [1.54, 1.807) is 0 Å². The Morgan fingerprint density at radius 2 is 1.79 bits per heavy atom. The number of nitrogens with zero attached hydrogens (tertiary/aromatic N) is 2. The molecule has 2 heterocycles. The summed E-state index contributed by atoms with van der Waals surface area (Å²) in [7, 11) is 0. The van der Waals surface area contributed by atoms with Gasteiger partial charge in [-0.15, -0.1) is 0 Å². The number of hydrogen-bond acceptors (Lipinski definition) is 4. The monoisotopic (exact) mass is 388 g/mol. The van der Waals surface area contributed by atoms with Crippen molar-refractivity contribution in [2.45, 2.75) is 38.5 Å². The maximum atomic E-state index is 12.2. The SMILES string of the molecule is Cc1cc(-n2ncc(=O)[nH]c2=O)cc(C)c1Cc1ccc2c(c1)C1(CC1)C(=O)N2. The second-order valence-electron chi connectivity index (χ2n) is 8.00. The molecule has 3 aromatic rings. The lowest BCUT2D eigenvalue weighted by Crippen LogP contribution is -2.30. The standard InChI is InChI=1S/C22H20N4O3/c1-12-7-15(26-21(29)25-19(27)11-23-26)8-13(2)16(12)9-14-3-4-18-17(10-14)22(5-6-22)20(28)24-18/h3-4,7-8,10-11H,5-6,9H2,1-2H3,(H,24,28)(H,25,27,29). The van der Waals surface area contributed by atoms with Gasteiger partial charge in [0.1, 0.15) is 6.20 Å². The molecule has 0 unspecified atom stereocenters. The number of carbonyl (C=O) groups excluding carboxylic acids is 1. The zero-order valence-corrected chi connectivity index (χ0v) is 16.2. The summed E-state index contributed by atoms with van der Waals surface area (Å²) in [5, 5.41) is 6.93. The molecule has 0 saturated heterocycles. The van der Waals surface area contributed by atoms with Gasteiger partial charge in [0.2, 0.25) is 5.91 Å². The first-order valence-electron chi connectivity index (χ1n) is 9.61. The van der Waals surface area contributed by atoms with E-state index in [2.05, 4.69) is 27.5 Å². The van der Waals surface area contributed by atoms with Gasteiger partial charge in [-0.3, -0.25) is 14.6 Å². The molecule has 1 fully saturated rings. The highest BCUT2D eigenvalue weighted by Crippen LogP contribution is 2.55. The van der Waals surface area contributed by atoms with E-state index in [0.29, 0.717) is 5.69 Å². The average molecular weight is 388 g/mol. The number of amides is 1. The third-order valence-corrected chi connectivity index (χ3v) is 6.05. The number of benzene rings is 2. The van der Waals surface area contributed by atoms with Crippen LogP contribution in [0.15, 0.2) is 46.1 Å². The third kappa shape index (κ3) is 2.73. The zero-order valence-electron chi connectivity index (χ0n) is 16.2. The van der Waals surface area contributed by atoms with Crippen molar-refractivity contribution in [3.63, 3.8) is 0 Å². The predicted molar refractivity (Wildman–Crippen MR) is 109 cm³/mol. The van der Waals surface area contributed by atoms with Gasteiger partial charge in [0.05, 0.1) is 11.1 Å². The highest BCUT2D eigenvalue weighted by atomic mass is 16.2. The minimum atomic E-state index is -0.561. The summed E-state index contributed by atoms with van der Waals surface area (Å²) in [6.45, 7) is 4.01. The fourth-order valence-corrected chi connectivity index (χ4v) is 4.30. The lowest BCUT2D eigenvalue weighted by Gasteiger charge is -2.14. The summed E-state index contributed by atoms with van der Waals surface area (Å²) in [4.78, 5) is 37.8. The van der Waals surface area contributed by atoms with Crippen molar-refractivity contribution < 1.29 is 4.79 Å². The summed E-state index contributed by atoms with van der Waals surface area (Å²) in [6, 6.07) is 10.0. The first-order valence-corrected chi connectivity index (χ1v) is 9.61. The van der Waals surface area contributed by atoms with Crippen LogP contribution in [0.25, 0.3) is 5.69 Å². The molecule has 1 aromatic heterocycles. The van der Waals surface area contributed by atoms with Crippen molar-refractivity contribution in [1.29, 1.82) is 0 Å². The molecule has 2 aromatic carbocycles. The largest absolute Gasteiger partial charge is 0.349 e. The number of aryl methyl sites for hydroxylation is 2. The molecule has 0 bridgehead atoms. The summed E-state index contributed by atoms with van der Waals surface area (Å²) in [5.41, 5.74) is 5.70. The average Bonchev–Trinajstić information content (AvgIpc) is 3.42. The summed E-state index contributed by atoms with van der Waals surface area (Å²) in [6.07, 6.45) is 3.67. The van der Waals surface area contributed by atoms with Crippen LogP contribution in [0.1, 0.15) is 40.7 Å². The van der Waals surface area contributed by atoms with E-state index in [-0.39, 0.29) is 11.3 Å². The Morgan fingerprint density at radius 3 is 2.45 bits per heavy atom. The molecule has 1 spiro atoms. The molecule has 1 amide bonds. The number of carbonyl (C=O) groups is 1. The fourth-order valence-electron chi connectivity index (χ4n) is 4.30. The van der Waals surface area contributed by atoms with E-state index in [9.17, 15) is 14.4 Å². The second-order valence-corrected chi connectivity index (χ2v) is 8.00. The van der Waals surface area contributed by atoms with Crippen LogP contribution in [0.3, 0.4) is 0 Å². The molecule has 1 aliphatic carbocycles. The first-order chi connectivity index (χ1) is 13.9. The number of H-pyrrole nitrogens is 1. The number of fused-ring (bicyclic) bond motifs is 2. The molecule has 0 atom stereocenters. The Kier molecular flexibility index (Phi) is 3.65. The van der Waals surface area contributed by atoms with E-state index in [1.807, 2.05) is 32.0 Å².